The lowest BCUT2D eigenvalue weighted by atomic mass is 10.1. The average molecular weight is 502 g/mol. The molecule has 36 heavy (non-hydrogen) atoms. The predicted octanol–water partition coefficient (Wildman–Crippen LogP) is 6.44. The molecule has 1 heterocycles. The number of carbonyl (C=O) groups is 1. The molecule has 0 aliphatic carbocycles. The fraction of sp³-hybridized carbons (Fsp3) is 0.172. The van der Waals surface area contributed by atoms with Gasteiger partial charge in [0.25, 0.3) is 0 Å². The van der Waals surface area contributed by atoms with Gasteiger partial charge in [-0.1, -0.05) is 47.5 Å². The first-order valence-electron chi connectivity index (χ1n) is 11.5. The van der Waals surface area contributed by atoms with Gasteiger partial charge in [0.05, 0.1) is 13.7 Å². The van der Waals surface area contributed by atoms with Crippen molar-refractivity contribution in [1.29, 1.82) is 0 Å². The maximum absolute atomic E-state index is 12.5. The maximum Gasteiger partial charge on any atom is 0.249 e. The number of methoxy groups -OCH3 is 1. The molecule has 0 fully saturated rings. The summed E-state index contributed by atoms with van der Waals surface area (Å²) < 4.78 is 13.2. The topological polar surface area (TPSA) is 65.4 Å². The first kappa shape index (κ1) is 25.1. The van der Waals surface area contributed by atoms with Crippen molar-refractivity contribution in [3.63, 3.8) is 0 Å². The van der Waals surface area contributed by atoms with E-state index in [2.05, 4.69) is 10.4 Å². The van der Waals surface area contributed by atoms with Crippen molar-refractivity contribution in [1.82, 2.24) is 9.78 Å². The second kappa shape index (κ2) is 11.6. The lowest BCUT2D eigenvalue weighted by Crippen LogP contribution is -2.09. The molecule has 7 heteroatoms. The van der Waals surface area contributed by atoms with E-state index in [0.717, 1.165) is 33.9 Å². The van der Waals surface area contributed by atoms with E-state index in [9.17, 15) is 4.79 Å². The van der Waals surface area contributed by atoms with Gasteiger partial charge in [0, 0.05) is 28.4 Å². The summed E-state index contributed by atoms with van der Waals surface area (Å²) in [4.78, 5) is 12.5. The zero-order valence-corrected chi connectivity index (χ0v) is 21.3. The van der Waals surface area contributed by atoms with Gasteiger partial charge in [-0.25, -0.2) is 0 Å². The molecule has 0 atom stereocenters. The quantitative estimate of drug-likeness (QED) is 0.268. The third-order valence-corrected chi connectivity index (χ3v) is 5.84. The molecule has 0 saturated heterocycles. The Bertz CT molecular complexity index is 1380. The van der Waals surface area contributed by atoms with E-state index in [4.69, 9.17) is 21.1 Å². The van der Waals surface area contributed by atoms with Gasteiger partial charge in [0.2, 0.25) is 5.91 Å². The van der Waals surface area contributed by atoms with Gasteiger partial charge >= 0.3 is 0 Å². The van der Waals surface area contributed by atoms with Crippen molar-refractivity contribution in [3.05, 3.63) is 112 Å². The van der Waals surface area contributed by atoms with Crippen LogP contribution in [0.15, 0.2) is 78.9 Å². The Morgan fingerprint density at radius 3 is 2.61 bits per heavy atom. The summed E-state index contributed by atoms with van der Waals surface area (Å²) in [5, 5.41) is 8.01. The van der Waals surface area contributed by atoms with Crippen LogP contribution in [0, 0.1) is 13.8 Å². The lowest BCUT2D eigenvalue weighted by Gasteiger charge is -2.11. The van der Waals surface area contributed by atoms with E-state index in [1.165, 1.54) is 11.6 Å². The SMILES string of the molecule is COc1ccc(/C=C/C(=O)Nc2cc(C)n(Cc3cccc(Cl)c3)n2)cc1COc1ccc(C)cc1. The maximum atomic E-state index is 12.5. The minimum Gasteiger partial charge on any atom is -0.496 e. The smallest absolute Gasteiger partial charge is 0.249 e. The van der Waals surface area contributed by atoms with Gasteiger partial charge in [0.15, 0.2) is 5.82 Å². The summed E-state index contributed by atoms with van der Waals surface area (Å²) in [5.41, 5.74) is 4.89. The van der Waals surface area contributed by atoms with Gasteiger partial charge < -0.3 is 14.8 Å². The van der Waals surface area contributed by atoms with Crippen LogP contribution in [0.5, 0.6) is 11.5 Å². The number of aryl methyl sites for hydroxylation is 2. The minimum absolute atomic E-state index is 0.268. The number of carbonyl (C=O) groups excluding carboxylic acids is 1. The monoisotopic (exact) mass is 501 g/mol. The molecule has 0 bridgehead atoms. The number of nitrogens with one attached hydrogen (secondary N) is 1. The standard InChI is InChI=1S/C29H28ClN3O3/c1-20-7-11-26(12-8-20)36-19-24-16-22(9-13-27(24)35-3)10-14-29(34)31-28-15-21(2)33(32-28)18-23-5-4-6-25(30)17-23/h4-17H,18-19H2,1-3H3,(H,31,32,34)/b14-10+. The van der Waals surface area contributed by atoms with Crippen LogP contribution in [0.4, 0.5) is 5.82 Å². The second-order valence-electron chi connectivity index (χ2n) is 8.45. The lowest BCUT2D eigenvalue weighted by molar-refractivity contribution is -0.111. The van der Waals surface area contributed by atoms with Crippen LogP contribution in [0.25, 0.3) is 6.08 Å². The highest BCUT2D eigenvalue weighted by Gasteiger charge is 2.09. The average Bonchev–Trinajstić information content (AvgIpc) is 3.20. The van der Waals surface area contributed by atoms with Crippen molar-refractivity contribution in [3.8, 4) is 11.5 Å². The van der Waals surface area contributed by atoms with E-state index in [-0.39, 0.29) is 5.91 Å². The van der Waals surface area contributed by atoms with Crippen LogP contribution in [0.1, 0.15) is 27.9 Å². The zero-order valence-electron chi connectivity index (χ0n) is 20.5. The van der Waals surface area contributed by atoms with Crippen LogP contribution in [-0.4, -0.2) is 22.8 Å². The fourth-order valence-corrected chi connectivity index (χ4v) is 3.90. The fourth-order valence-electron chi connectivity index (χ4n) is 3.69. The van der Waals surface area contributed by atoms with Crippen LogP contribution < -0.4 is 14.8 Å². The molecule has 0 aliphatic rings. The Labute approximate surface area is 216 Å². The molecule has 3 aromatic carbocycles. The molecule has 184 valence electrons. The van der Waals surface area contributed by atoms with Crippen LogP contribution >= 0.6 is 11.6 Å². The van der Waals surface area contributed by atoms with Crippen molar-refractivity contribution >= 4 is 29.4 Å². The molecule has 6 nitrogen and oxygen atoms in total. The number of hydrogen-bond donors (Lipinski definition) is 1. The Balaban J connectivity index is 1.39. The Morgan fingerprint density at radius 2 is 1.86 bits per heavy atom. The Morgan fingerprint density at radius 1 is 1.06 bits per heavy atom. The molecule has 4 aromatic rings. The van der Waals surface area contributed by atoms with Crippen molar-refractivity contribution in [2.45, 2.75) is 27.0 Å². The predicted molar refractivity (Wildman–Crippen MR) is 144 cm³/mol. The van der Waals surface area contributed by atoms with E-state index in [0.29, 0.717) is 24.0 Å². The van der Waals surface area contributed by atoms with Gasteiger partial charge in [-0.15, -0.1) is 0 Å². The highest BCUT2D eigenvalue weighted by Crippen LogP contribution is 2.23. The molecule has 0 unspecified atom stereocenters. The van der Waals surface area contributed by atoms with Gasteiger partial charge in [0.1, 0.15) is 18.1 Å². The van der Waals surface area contributed by atoms with Crippen LogP contribution in [0.2, 0.25) is 5.02 Å². The third kappa shape index (κ3) is 6.77. The normalized spacial score (nSPS) is 11.0. The highest BCUT2D eigenvalue weighted by molar-refractivity contribution is 6.30. The summed E-state index contributed by atoms with van der Waals surface area (Å²) in [5.74, 6) is 1.74. The first-order chi connectivity index (χ1) is 17.4. The van der Waals surface area contributed by atoms with Gasteiger partial charge in [-0.3, -0.25) is 9.48 Å². The zero-order chi connectivity index (χ0) is 25.5. The summed E-state index contributed by atoms with van der Waals surface area (Å²) >= 11 is 6.08. The van der Waals surface area contributed by atoms with Gasteiger partial charge in [-0.2, -0.15) is 5.10 Å². The molecular weight excluding hydrogens is 474 g/mol. The summed E-state index contributed by atoms with van der Waals surface area (Å²) in [6.07, 6.45) is 3.23. The number of ether oxygens (including phenoxy) is 2. The van der Waals surface area contributed by atoms with E-state index in [1.54, 1.807) is 13.2 Å². The molecule has 1 amide bonds. The number of halogens is 1. The number of rotatable bonds is 9. The second-order valence-corrected chi connectivity index (χ2v) is 8.89. The van der Waals surface area contributed by atoms with Crippen molar-refractivity contribution < 1.29 is 14.3 Å². The minimum atomic E-state index is -0.268. The van der Waals surface area contributed by atoms with Crippen LogP contribution in [-0.2, 0) is 17.9 Å². The number of nitrogens with zero attached hydrogens (tertiary/aromatic N) is 2. The Kier molecular flexibility index (Phi) is 8.08. The molecular formula is C29H28ClN3O3. The third-order valence-electron chi connectivity index (χ3n) is 5.60. The molecule has 4 rings (SSSR count). The summed E-state index contributed by atoms with van der Waals surface area (Å²) in [6, 6.07) is 23.1. The molecule has 1 aromatic heterocycles. The van der Waals surface area contributed by atoms with Crippen molar-refractivity contribution in [2.24, 2.45) is 0 Å². The number of aromatic nitrogens is 2. The number of benzene rings is 3. The molecule has 1 N–H and O–H groups in total. The molecule has 0 saturated carbocycles. The molecule has 0 spiro atoms. The van der Waals surface area contributed by atoms with Gasteiger partial charge in [-0.05, 0) is 67.4 Å². The summed E-state index contributed by atoms with van der Waals surface area (Å²) in [7, 11) is 1.63. The largest absolute Gasteiger partial charge is 0.496 e. The molecule has 0 radical (unpaired) electrons. The van der Waals surface area contributed by atoms with Crippen molar-refractivity contribution in [2.75, 3.05) is 12.4 Å². The van der Waals surface area contributed by atoms with Crippen LogP contribution in [0.3, 0.4) is 0 Å². The van der Waals surface area contributed by atoms with E-state index >= 15 is 0 Å². The number of hydrogen-bond acceptors (Lipinski definition) is 4. The molecule has 0 aliphatic heterocycles. The summed E-state index contributed by atoms with van der Waals surface area (Å²) in [6.45, 7) is 4.90. The van der Waals surface area contributed by atoms with E-state index in [1.807, 2.05) is 91.3 Å². The number of amides is 1. The number of anilines is 1. The highest BCUT2D eigenvalue weighted by atomic mass is 35.5. The first-order valence-corrected chi connectivity index (χ1v) is 11.9. The Hall–Kier alpha value is -4.03. The van der Waals surface area contributed by atoms with E-state index < -0.39 is 0 Å².